The second kappa shape index (κ2) is 6.66. The van der Waals surface area contributed by atoms with Crippen LogP contribution in [0.1, 0.15) is 26.3 Å². The van der Waals surface area contributed by atoms with E-state index in [0.717, 1.165) is 9.80 Å². The first-order valence-electron chi connectivity index (χ1n) is 7.32. The average molecular weight is 330 g/mol. The van der Waals surface area contributed by atoms with Gasteiger partial charge in [0.1, 0.15) is 17.5 Å². The molecule has 1 aliphatic rings. The Balaban J connectivity index is 2.53. The third kappa shape index (κ3) is 3.05. The molecule has 1 unspecified atom stereocenters. The zero-order chi connectivity index (χ0) is 18.0. The lowest BCUT2D eigenvalue weighted by molar-refractivity contribution is -0.161. The van der Waals surface area contributed by atoms with Crippen molar-refractivity contribution in [2.75, 3.05) is 7.11 Å². The summed E-state index contributed by atoms with van der Waals surface area (Å²) in [6.45, 7) is 3.82. The number of carbonyl (C=O) groups is 4. The van der Waals surface area contributed by atoms with Crippen LogP contribution in [0.25, 0.3) is 6.08 Å². The molecule has 4 amide bonds. The first kappa shape index (κ1) is 17.4. The Morgan fingerprint density at radius 1 is 1.08 bits per heavy atom. The van der Waals surface area contributed by atoms with Gasteiger partial charge in [-0.05, 0) is 30.7 Å². The van der Waals surface area contributed by atoms with Crippen molar-refractivity contribution in [1.82, 2.24) is 9.80 Å². The van der Waals surface area contributed by atoms with E-state index >= 15 is 0 Å². The van der Waals surface area contributed by atoms with Crippen molar-refractivity contribution in [1.29, 1.82) is 0 Å². The molecule has 0 aliphatic carbocycles. The summed E-state index contributed by atoms with van der Waals surface area (Å²) in [5.41, 5.74) is 0.447. The van der Waals surface area contributed by atoms with Gasteiger partial charge in [0, 0.05) is 13.8 Å². The lowest BCUT2D eigenvalue weighted by atomic mass is 10.1. The summed E-state index contributed by atoms with van der Waals surface area (Å²) in [5.74, 6) is -1.80. The molecule has 1 aromatic carbocycles. The van der Waals surface area contributed by atoms with Crippen molar-refractivity contribution < 1.29 is 23.9 Å². The zero-order valence-corrected chi connectivity index (χ0v) is 13.9. The minimum atomic E-state index is -1.02. The maximum absolute atomic E-state index is 12.6. The number of amides is 4. The minimum Gasteiger partial charge on any atom is -0.497 e. The minimum absolute atomic E-state index is 0.147. The van der Waals surface area contributed by atoms with E-state index in [1.54, 1.807) is 24.3 Å². The molecular weight excluding hydrogens is 312 g/mol. The van der Waals surface area contributed by atoms with Gasteiger partial charge in [-0.25, -0.2) is 4.90 Å². The van der Waals surface area contributed by atoms with Crippen LogP contribution in [0, 0.1) is 0 Å². The van der Waals surface area contributed by atoms with Gasteiger partial charge in [0.25, 0.3) is 11.8 Å². The van der Waals surface area contributed by atoms with Crippen LogP contribution >= 0.6 is 0 Å². The largest absolute Gasteiger partial charge is 0.497 e. The highest BCUT2D eigenvalue weighted by molar-refractivity contribution is 6.18. The van der Waals surface area contributed by atoms with E-state index in [9.17, 15) is 19.2 Å². The van der Waals surface area contributed by atoms with Gasteiger partial charge in [-0.1, -0.05) is 12.1 Å². The summed E-state index contributed by atoms with van der Waals surface area (Å²) < 4.78 is 5.06. The number of nitrogens with zero attached hydrogens (tertiary/aromatic N) is 2. The molecule has 0 aromatic heterocycles. The summed E-state index contributed by atoms with van der Waals surface area (Å²) in [5, 5.41) is 0. The fourth-order valence-electron chi connectivity index (χ4n) is 2.54. The predicted molar refractivity (Wildman–Crippen MR) is 85.5 cm³/mol. The second-order valence-electron chi connectivity index (χ2n) is 5.37. The Morgan fingerprint density at radius 2 is 1.67 bits per heavy atom. The summed E-state index contributed by atoms with van der Waals surface area (Å²) in [4.78, 5) is 50.3. The van der Waals surface area contributed by atoms with E-state index in [1.807, 2.05) is 0 Å². The van der Waals surface area contributed by atoms with E-state index in [2.05, 4.69) is 0 Å². The summed E-state index contributed by atoms with van der Waals surface area (Å²) in [6, 6.07) is 5.71. The van der Waals surface area contributed by atoms with Crippen LogP contribution < -0.4 is 4.74 Å². The number of imide groups is 2. The smallest absolute Gasteiger partial charge is 0.278 e. The molecule has 2 rings (SSSR count). The number of ether oxygens (including phenoxy) is 1. The first-order chi connectivity index (χ1) is 11.3. The molecule has 1 aromatic rings. The zero-order valence-electron chi connectivity index (χ0n) is 13.9. The Bertz CT molecular complexity index is 736. The van der Waals surface area contributed by atoms with Crippen molar-refractivity contribution >= 4 is 29.7 Å². The van der Waals surface area contributed by atoms with Crippen LogP contribution in [0.4, 0.5) is 0 Å². The van der Waals surface area contributed by atoms with Crippen molar-refractivity contribution in [2.24, 2.45) is 0 Å². The SMILES string of the molecule is COc1ccc(/C=C2/C(=O)N(C(C)=O)C(C)C(=O)N2C(C)=O)cc1. The molecule has 0 radical (unpaired) electrons. The molecule has 1 saturated heterocycles. The van der Waals surface area contributed by atoms with Gasteiger partial charge in [0.15, 0.2) is 0 Å². The molecule has 7 nitrogen and oxygen atoms in total. The third-order valence-corrected chi connectivity index (χ3v) is 3.72. The highest BCUT2D eigenvalue weighted by Crippen LogP contribution is 2.24. The number of carbonyl (C=O) groups excluding carboxylic acids is 4. The summed E-state index contributed by atoms with van der Waals surface area (Å²) >= 11 is 0. The maximum Gasteiger partial charge on any atom is 0.278 e. The van der Waals surface area contributed by atoms with Gasteiger partial charge < -0.3 is 4.74 Å². The standard InChI is InChI=1S/C17H18N2O5/c1-10-16(22)19(12(3)21)15(17(23)18(10)11(2)20)9-13-5-7-14(24-4)8-6-13/h5-10H,1-4H3/b15-9-. The molecule has 1 fully saturated rings. The third-order valence-electron chi connectivity index (χ3n) is 3.72. The lowest BCUT2D eigenvalue weighted by Crippen LogP contribution is -2.59. The number of hydrogen-bond donors (Lipinski definition) is 0. The molecule has 1 aliphatic heterocycles. The van der Waals surface area contributed by atoms with Gasteiger partial charge in [0.2, 0.25) is 11.8 Å². The van der Waals surface area contributed by atoms with E-state index in [-0.39, 0.29) is 5.70 Å². The second-order valence-corrected chi connectivity index (χ2v) is 5.37. The van der Waals surface area contributed by atoms with E-state index in [1.165, 1.54) is 34.0 Å². The molecule has 126 valence electrons. The van der Waals surface area contributed by atoms with Crippen molar-refractivity contribution in [2.45, 2.75) is 26.8 Å². The lowest BCUT2D eigenvalue weighted by Gasteiger charge is -2.37. The van der Waals surface area contributed by atoms with Gasteiger partial charge >= 0.3 is 0 Å². The Morgan fingerprint density at radius 3 is 2.12 bits per heavy atom. The number of piperazine rings is 1. The highest BCUT2D eigenvalue weighted by atomic mass is 16.5. The summed E-state index contributed by atoms with van der Waals surface area (Å²) in [7, 11) is 1.53. The molecule has 0 saturated carbocycles. The number of methoxy groups -OCH3 is 1. The van der Waals surface area contributed by atoms with Gasteiger partial charge in [-0.3, -0.25) is 24.1 Å². The molecule has 7 heteroatoms. The normalized spacial score (nSPS) is 19.7. The Labute approximate surface area is 139 Å². The number of hydrogen-bond acceptors (Lipinski definition) is 5. The van der Waals surface area contributed by atoms with Crippen LogP contribution in [0.3, 0.4) is 0 Å². The van der Waals surface area contributed by atoms with Crippen LogP contribution in [0.2, 0.25) is 0 Å². The van der Waals surface area contributed by atoms with E-state index in [4.69, 9.17) is 4.74 Å². The molecule has 0 bridgehead atoms. The first-order valence-corrected chi connectivity index (χ1v) is 7.32. The average Bonchev–Trinajstić information content (AvgIpc) is 2.52. The van der Waals surface area contributed by atoms with E-state index < -0.39 is 29.7 Å². The van der Waals surface area contributed by atoms with Crippen molar-refractivity contribution in [3.8, 4) is 5.75 Å². The molecule has 1 atom stereocenters. The number of rotatable bonds is 2. The summed E-state index contributed by atoms with van der Waals surface area (Å²) in [6.07, 6.45) is 1.41. The topological polar surface area (TPSA) is 84.0 Å². The van der Waals surface area contributed by atoms with Crippen LogP contribution in [0.15, 0.2) is 30.0 Å². The van der Waals surface area contributed by atoms with Crippen molar-refractivity contribution in [3.05, 3.63) is 35.5 Å². The Hall–Kier alpha value is -2.96. The molecule has 1 heterocycles. The fraction of sp³-hybridized carbons (Fsp3) is 0.294. The number of benzene rings is 1. The monoisotopic (exact) mass is 330 g/mol. The fourth-order valence-corrected chi connectivity index (χ4v) is 2.54. The Kier molecular flexibility index (Phi) is 4.82. The molecular formula is C17H18N2O5. The van der Waals surface area contributed by atoms with Crippen LogP contribution in [0.5, 0.6) is 5.75 Å². The van der Waals surface area contributed by atoms with Crippen LogP contribution in [-0.4, -0.2) is 46.6 Å². The maximum atomic E-state index is 12.6. The van der Waals surface area contributed by atoms with Crippen molar-refractivity contribution in [3.63, 3.8) is 0 Å². The van der Waals surface area contributed by atoms with Gasteiger partial charge in [-0.2, -0.15) is 0 Å². The molecule has 0 spiro atoms. The van der Waals surface area contributed by atoms with Gasteiger partial charge in [-0.15, -0.1) is 0 Å². The predicted octanol–water partition coefficient (Wildman–Crippen LogP) is 1.19. The molecule has 0 N–H and O–H groups in total. The van der Waals surface area contributed by atoms with Crippen LogP contribution in [-0.2, 0) is 19.2 Å². The molecule has 24 heavy (non-hydrogen) atoms. The van der Waals surface area contributed by atoms with Gasteiger partial charge in [0.05, 0.1) is 7.11 Å². The quantitative estimate of drug-likeness (QED) is 0.761. The highest BCUT2D eigenvalue weighted by Gasteiger charge is 2.44. The van der Waals surface area contributed by atoms with E-state index in [0.29, 0.717) is 11.3 Å².